The first-order valence-electron chi connectivity index (χ1n) is 5.22. The van der Waals surface area contributed by atoms with Gasteiger partial charge in [0.2, 0.25) is 0 Å². The molecule has 2 unspecified atom stereocenters. The molecule has 0 radical (unpaired) electrons. The van der Waals surface area contributed by atoms with Crippen molar-refractivity contribution in [3.63, 3.8) is 0 Å². The van der Waals surface area contributed by atoms with Gasteiger partial charge in [-0.3, -0.25) is 14.8 Å². The standard InChI is InChI=1S/C10H11NO7S2/c11-10(12)7-4-2-1-3-6(7)8(19(13,14)15)5-9(10)20(16,17)18/h1-5,9,12H,11H2,(H,13,14,15)(H,16,17,18). The number of fused-ring (bicyclic) bond motifs is 1. The molecule has 1 aromatic carbocycles. The highest BCUT2D eigenvalue weighted by atomic mass is 32.2. The Balaban J connectivity index is 2.87. The highest BCUT2D eigenvalue weighted by Crippen LogP contribution is 2.39. The van der Waals surface area contributed by atoms with Crippen LogP contribution < -0.4 is 5.73 Å². The highest BCUT2D eigenvalue weighted by molar-refractivity contribution is 7.95. The maximum atomic E-state index is 11.3. The number of aliphatic hydroxyl groups is 1. The first kappa shape index (κ1) is 15.1. The molecule has 0 aromatic heterocycles. The summed E-state index contributed by atoms with van der Waals surface area (Å²) in [5.41, 5.74) is 2.61. The van der Waals surface area contributed by atoms with Crippen LogP contribution in [-0.2, 0) is 26.0 Å². The highest BCUT2D eigenvalue weighted by Gasteiger charge is 2.47. The number of hydrogen-bond donors (Lipinski definition) is 4. The van der Waals surface area contributed by atoms with Crippen LogP contribution in [0.5, 0.6) is 0 Å². The molecule has 1 aliphatic rings. The Morgan fingerprint density at radius 3 is 2.15 bits per heavy atom. The number of nitrogens with two attached hydrogens (primary N) is 1. The normalized spacial score (nSPS) is 26.8. The molecule has 0 bridgehead atoms. The van der Waals surface area contributed by atoms with Crippen molar-refractivity contribution in [1.82, 2.24) is 0 Å². The molecule has 20 heavy (non-hydrogen) atoms. The quantitative estimate of drug-likeness (QED) is 0.411. The summed E-state index contributed by atoms with van der Waals surface area (Å²) in [6.45, 7) is 0. The van der Waals surface area contributed by atoms with Crippen molar-refractivity contribution in [3.8, 4) is 0 Å². The summed E-state index contributed by atoms with van der Waals surface area (Å²) in [5.74, 6) is 0. The molecule has 110 valence electrons. The topological polar surface area (TPSA) is 155 Å². The molecule has 10 heteroatoms. The Morgan fingerprint density at radius 2 is 1.65 bits per heavy atom. The molecular weight excluding hydrogens is 310 g/mol. The lowest BCUT2D eigenvalue weighted by atomic mass is 9.89. The molecular formula is C10H11NO7S2. The maximum absolute atomic E-state index is 11.3. The molecule has 0 spiro atoms. The van der Waals surface area contributed by atoms with Crippen LogP contribution >= 0.6 is 0 Å². The SMILES string of the molecule is NC1(O)c2ccccc2C(S(=O)(=O)O)=CC1S(=O)(=O)O. The van der Waals surface area contributed by atoms with Gasteiger partial charge >= 0.3 is 0 Å². The van der Waals surface area contributed by atoms with Crippen LogP contribution in [0.1, 0.15) is 11.1 Å². The number of benzene rings is 1. The van der Waals surface area contributed by atoms with Crippen molar-refractivity contribution in [3.05, 3.63) is 41.5 Å². The van der Waals surface area contributed by atoms with Crippen LogP contribution in [0, 0.1) is 0 Å². The fraction of sp³-hybridized carbons (Fsp3) is 0.200. The van der Waals surface area contributed by atoms with Gasteiger partial charge in [0.25, 0.3) is 20.2 Å². The monoisotopic (exact) mass is 321 g/mol. The minimum absolute atomic E-state index is 0.139. The van der Waals surface area contributed by atoms with Crippen LogP contribution in [0.2, 0.25) is 0 Å². The van der Waals surface area contributed by atoms with E-state index in [9.17, 15) is 21.9 Å². The summed E-state index contributed by atoms with van der Waals surface area (Å²) in [4.78, 5) is -0.745. The molecule has 0 saturated heterocycles. The summed E-state index contributed by atoms with van der Waals surface area (Å²) in [6, 6.07) is 5.25. The molecule has 0 fully saturated rings. The van der Waals surface area contributed by atoms with E-state index >= 15 is 0 Å². The van der Waals surface area contributed by atoms with E-state index in [4.69, 9.17) is 14.8 Å². The maximum Gasteiger partial charge on any atom is 0.294 e. The van der Waals surface area contributed by atoms with Crippen molar-refractivity contribution >= 4 is 25.1 Å². The van der Waals surface area contributed by atoms with Gasteiger partial charge in [-0.25, -0.2) is 0 Å². The number of rotatable bonds is 2. The van der Waals surface area contributed by atoms with E-state index in [-0.39, 0.29) is 11.1 Å². The average molecular weight is 321 g/mol. The Labute approximate surface area is 115 Å². The van der Waals surface area contributed by atoms with Gasteiger partial charge in [-0.2, -0.15) is 16.8 Å². The smallest absolute Gasteiger partial charge is 0.294 e. The average Bonchev–Trinajstić information content (AvgIpc) is 2.25. The second-order valence-electron chi connectivity index (χ2n) is 4.31. The van der Waals surface area contributed by atoms with Crippen LogP contribution in [0.3, 0.4) is 0 Å². The van der Waals surface area contributed by atoms with Gasteiger partial charge in [-0.15, -0.1) is 0 Å². The molecule has 5 N–H and O–H groups in total. The van der Waals surface area contributed by atoms with Crippen LogP contribution in [-0.4, -0.2) is 36.3 Å². The van der Waals surface area contributed by atoms with E-state index in [1.54, 1.807) is 0 Å². The fourth-order valence-corrected chi connectivity index (χ4v) is 3.83. The van der Waals surface area contributed by atoms with E-state index in [2.05, 4.69) is 0 Å². The fourth-order valence-electron chi connectivity index (χ4n) is 2.09. The van der Waals surface area contributed by atoms with Crippen molar-refractivity contribution in [2.45, 2.75) is 11.0 Å². The first-order chi connectivity index (χ1) is 8.95. The second-order valence-corrected chi connectivity index (χ2v) is 7.24. The lowest BCUT2D eigenvalue weighted by Gasteiger charge is -2.34. The van der Waals surface area contributed by atoms with E-state index in [0.29, 0.717) is 6.08 Å². The summed E-state index contributed by atoms with van der Waals surface area (Å²) >= 11 is 0. The van der Waals surface area contributed by atoms with Crippen molar-refractivity contribution in [2.24, 2.45) is 5.73 Å². The van der Waals surface area contributed by atoms with Gasteiger partial charge in [-0.1, -0.05) is 24.3 Å². The molecule has 0 aliphatic heterocycles. The molecule has 1 aliphatic carbocycles. The Bertz CT molecular complexity index is 793. The van der Waals surface area contributed by atoms with Crippen LogP contribution in [0.4, 0.5) is 0 Å². The van der Waals surface area contributed by atoms with Crippen molar-refractivity contribution < 1.29 is 31.0 Å². The zero-order valence-electron chi connectivity index (χ0n) is 9.83. The van der Waals surface area contributed by atoms with Crippen LogP contribution in [0.25, 0.3) is 4.91 Å². The minimum atomic E-state index is -4.90. The molecule has 0 heterocycles. The largest absolute Gasteiger partial charge is 0.370 e. The molecule has 2 rings (SSSR count). The van der Waals surface area contributed by atoms with Crippen LogP contribution in [0.15, 0.2) is 30.3 Å². The third-order valence-electron chi connectivity index (χ3n) is 2.96. The van der Waals surface area contributed by atoms with Gasteiger partial charge in [0.1, 0.15) is 0 Å². The first-order valence-corrected chi connectivity index (χ1v) is 8.17. The van der Waals surface area contributed by atoms with E-state index in [1.807, 2.05) is 0 Å². The zero-order valence-corrected chi connectivity index (χ0v) is 11.5. The Hall–Kier alpha value is -1.30. The second kappa shape index (κ2) is 4.35. The number of hydrogen-bond acceptors (Lipinski definition) is 6. The summed E-state index contributed by atoms with van der Waals surface area (Å²) in [6.07, 6.45) is 0.507. The predicted molar refractivity (Wildman–Crippen MR) is 69.4 cm³/mol. The van der Waals surface area contributed by atoms with E-state index in [0.717, 1.165) is 0 Å². The van der Waals surface area contributed by atoms with Crippen molar-refractivity contribution in [1.29, 1.82) is 0 Å². The predicted octanol–water partition coefficient (Wildman–Crippen LogP) is -0.711. The van der Waals surface area contributed by atoms with Crippen molar-refractivity contribution in [2.75, 3.05) is 0 Å². The molecule has 0 saturated carbocycles. The van der Waals surface area contributed by atoms with Gasteiger partial charge in [0, 0.05) is 11.1 Å². The van der Waals surface area contributed by atoms with E-state index < -0.39 is 36.1 Å². The lowest BCUT2D eigenvalue weighted by molar-refractivity contribution is 0.0465. The lowest BCUT2D eigenvalue weighted by Crippen LogP contribution is -2.52. The summed E-state index contributed by atoms with van der Waals surface area (Å²) < 4.78 is 63.4. The molecule has 2 atom stereocenters. The third-order valence-corrected chi connectivity index (χ3v) is 5.01. The molecule has 8 nitrogen and oxygen atoms in total. The third kappa shape index (κ3) is 2.37. The Morgan fingerprint density at radius 1 is 1.10 bits per heavy atom. The van der Waals surface area contributed by atoms with E-state index in [1.165, 1.54) is 24.3 Å². The Kier molecular flexibility index (Phi) is 3.28. The minimum Gasteiger partial charge on any atom is -0.370 e. The molecule has 0 amide bonds. The van der Waals surface area contributed by atoms with Gasteiger partial charge < -0.3 is 5.11 Å². The van der Waals surface area contributed by atoms with Gasteiger partial charge in [-0.05, 0) is 6.08 Å². The molecule has 1 aromatic rings. The summed E-state index contributed by atoms with van der Waals surface area (Å²) in [5, 5.41) is 8.00. The zero-order chi connectivity index (χ0) is 15.3. The van der Waals surface area contributed by atoms with Gasteiger partial charge in [0.15, 0.2) is 11.0 Å². The van der Waals surface area contributed by atoms with Gasteiger partial charge in [0.05, 0.1) is 4.91 Å². The summed E-state index contributed by atoms with van der Waals surface area (Å²) in [7, 11) is -9.66.